The van der Waals surface area contributed by atoms with Crippen LogP contribution < -0.4 is 10.9 Å². The Bertz CT molecular complexity index is 1360. The summed E-state index contributed by atoms with van der Waals surface area (Å²) in [6.45, 7) is 4.96. The van der Waals surface area contributed by atoms with Gasteiger partial charge in [0.1, 0.15) is 0 Å². The number of nitrogens with zero attached hydrogens (tertiary/aromatic N) is 5. The predicted octanol–water partition coefficient (Wildman–Crippen LogP) is 3.18. The molecule has 1 aromatic carbocycles. The SMILES string of the molecule is Cc1cn2nc(-c3ccc4c(=O)n(C5CCNC6(CC6)C5)ncc4c3)cc(C)c2n1. The van der Waals surface area contributed by atoms with E-state index in [1.807, 2.05) is 55.0 Å². The van der Waals surface area contributed by atoms with Crippen molar-refractivity contribution in [2.24, 2.45) is 0 Å². The van der Waals surface area contributed by atoms with E-state index in [-0.39, 0.29) is 17.1 Å². The first-order valence-electron chi connectivity index (χ1n) is 10.6. The van der Waals surface area contributed by atoms with E-state index in [0.29, 0.717) is 5.39 Å². The fraction of sp³-hybridized carbons (Fsp3) is 0.391. The van der Waals surface area contributed by atoms with E-state index in [1.165, 1.54) is 12.8 Å². The van der Waals surface area contributed by atoms with Crippen LogP contribution >= 0.6 is 0 Å². The Morgan fingerprint density at radius 1 is 1.20 bits per heavy atom. The number of rotatable bonds is 2. The molecule has 0 radical (unpaired) electrons. The van der Waals surface area contributed by atoms with Gasteiger partial charge in [0, 0.05) is 16.5 Å². The standard InChI is InChI=1S/C23H24N6O/c1-14-9-20(27-28-13-15(2)26-21(14)28)16-3-4-19-17(10-16)12-25-29(22(19)30)18-5-8-24-23(11-18)6-7-23/h3-4,9-10,12-13,18,24H,5-8,11H2,1-2H3. The van der Waals surface area contributed by atoms with Crippen molar-refractivity contribution in [1.29, 1.82) is 0 Å². The van der Waals surface area contributed by atoms with Crippen LogP contribution in [0.5, 0.6) is 0 Å². The van der Waals surface area contributed by atoms with Crippen molar-refractivity contribution in [3.05, 3.63) is 58.3 Å². The third-order valence-electron chi connectivity index (χ3n) is 6.64. The zero-order valence-electron chi connectivity index (χ0n) is 17.2. The van der Waals surface area contributed by atoms with Gasteiger partial charge in [-0.05, 0) is 69.8 Å². The molecule has 1 spiro atoms. The lowest BCUT2D eigenvalue weighted by Crippen LogP contribution is -2.43. The number of hydrogen-bond acceptors (Lipinski definition) is 5. The van der Waals surface area contributed by atoms with Gasteiger partial charge in [-0.1, -0.05) is 6.07 Å². The largest absolute Gasteiger partial charge is 0.311 e. The molecule has 1 saturated heterocycles. The molecule has 1 N–H and O–H groups in total. The van der Waals surface area contributed by atoms with Gasteiger partial charge in [0.15, 0.2) is 5.65 Å². The van der Waals surface area contributed by atoms with Gasteiger partial charge >= 0.3 is 0 Å². The fourth-order valence-electron chi connectivity index (χ4n) is 4.84. The Balaban J connectivity index is 1.41. The van der Waals surface area contributed by atoms with Crippen LogP contribution in [-0.2, 0) is 0 Å². The molecule has 0 amide bonds. The van der Waals surface area contributed by atoms with Gasteiger partial charge in [-0.15, -0.1) is 0 Å². The van der Waals surface area contributed by atoms with E-state index in [1.54, 1.807) is 4.68 Å². The second-order valence-corrected chi connectivity index (χ2v) is 8.91. The van der Waals surface area contributed by atoms with Crippen LogP contribution in [0.1, 0.15) is 43.0 Å². The van der Waals surface area contributed by atoms with E-state index in [0.717, 1.165) is 52.9 Å². The summed E-state index contributed by atoms with van der Waals surface area (Å²) in [6, 6.07) is 8.13. The van der Waals surface area contributed by atoms with Gasteiger partial charge in [-0.25, -0.2) is 14.2 Å². The summed E-state index contributed by atoms with van der Waals surface area (Å²) in [4.78, 5) is 17.7. The number of hydrogen-bond donors (Lipinski definition) is 1. The summed E-state index contributed by atoms with van der Waals surface area (Å²) in [5.74, 6) is 0. The normalized spacial score (nSPS) is 20.3. The molecule has 6 rings (SSSR count). The van der Waals surface area contributed by atoms with Crippen LogP contribution in [0.15, 0.2) is 41.5 Å². The summed E-state index contributed by atoms with van der Waals surface area (Å²) in [6.07, 6.45) is 8.13. The predicted molar refractivity (Wildman–Crippen MR) is 116 cm³/mol. The molecule has 1 aliphatic heterocycles. The summed E-state index contributed by atoms with van der Waals surface area (Å²) in [5.41, 5.74) is 4.98. The molecule has 2 aliphatic rings. The lowest BCUT2D eigenvalue weighted by Gasteiger charge is -2.30. The Hall–Kier alpha value is -3.06. The highest BCUT2D eigenvalue weighted by Crippen LogP contribution is 2.44. The average Bonchev–Trinajstić information content (AvgIpc) is 3.35. The van der Waals surface area contributed by atoms with Gasteiger partial charge in [0.05, 0.1) is 35.2 Å². The minimum Gasteiger partial charge on any atom is -0.311 e. The monoisotopic (exact) mass is 400 g/mol. The lowest BCUT2D eigenvalue weighted by molar-refractivity contribution is 0.264. The second-order valence-electron chi connectivity index (χ2n) is 8.91. The Labute approximate surface area is 173 Å². The molecule has 30 heavy (non-hydrogen) atoms. The third kappa shape index (κ3) is 2.76. The van der Waals surface area contributed by atoms with E-state index in [2.05, 4.69) is 15.4 Å². The van der Waals surface area contributed by atoms with Crippen LogP contribution in [0.25, 0.3) is 27.7 Å². The average molecular weight is 400 g/mol. The molecule has 7 nitrogen and oxygen atoms in total. The van der Waals surface area contributed by atoms with Crippen molar-refractivity contribution >= 4 is 16.4 Å². The third-order valence-corrected chi connectivity index (χ3v) is 6.64. The van der Waals surface area contributed by atoms with Crippen molar-refractivity contribution in [2.45, 2.75) is 51.1 Å². The Kier molecular flexibility index (Phi) is 3.68. The van der Waals surface area contributed by atoms with Crippen molar-refractivity contribution in [1.82, 2.24) is 29.7 Å². The molecule has 3 aromatic heterocycles. The number of piperidine rings is 1. The molecule has 4 aromatic rings. The second kappa shape index (κ2) is 6.22. The number of imidazole rings is 1. The zero-order chi connectivity index (χ0) is 20.5. The topological polar surface area (TPSA) is 77.1 Å². The first-order valence-corrected chi connectivity index (χ1v) is 10.6. The van der Waals surface area contributed by atoms with E-state index >= 15 is 0 Å². The molecule has 2 fully saturated rings. The van der Waals surface area contributed by atoms with Gasteiger partial charge in [0.2, 0.25) is 0 Å². The smallest absolute Gasteiger partial charge is 0.274 e. The molecule has 1 unspecified atom stereocenters. The highest BCUT2D eigenvalue weighted by molar-refractivity contribution is 5.85. The maximum atomic E-state index is 13.2. The first-order chi connectivity index (χ1) is 14.5. The van der Waals surface area contributed by atoms with Crippen LogP contribution in [0.2, 0.25) is 0 Å². The van der Waals surface area contributed by atoms with Gasteiger partial charge in [-0.2, -0.15) is 10.2 Å². The molecule has 4 heterocycles. The van der Waals surface area contributed by atoms with E-state index < -0.39 is 0 Å². The van der Waals surface area contributed by atoms with Crippen LogP contribution in [0.4, 0.5) is 0 Å². The number of benzene rings is 1. The van der Waals surface area contributed by atoms with Gasteiger partial charge < -0.3 is 5.32 Å². The molecule has 152 valence electrons. The lowest BCUT2D eigenvalue weighted by atomic mass is 9.97. The van der Waals surface area contributed by atoms with E-state index in [4.69, 9.17) is 5.10 Å². The van der Waals surface area contributed by atoms with Crippen molar-refractivity contribution < 1.29 is 0 Å². The summed E-state index contributed by atoms with van der Waals surface area (Å²) >= 11 is 0. The minimum atomic E-state index is 0.00609. The van der Waals surface area contributed by atoms with Gasteiger partial charge in [0.25, 0.3) is 5.56 Å². The number of aromatic nitrogens is 5. The van der Waals surface area contributed by atoms with Gasteiger partial charge in [-0.3, -0.25) is 4.79 Å². The van der Waals surface area contributed by atoms with Crippen LogP contribution in [-0.4, -0.2) is 36.5 Å². The summed E-state index contributed by atoms with van der Waals surface area (Å²) < 4.78 is 3.54. The molecule has 7 heteroatoms. The molecule has 1 saturated carbocycles. The summed E-state index contributed by atoms with van der Waals surface area (Å²) in [5, 5.41) is 14.5. The fourth-order valence-corrected chi connectivity index (χ4v) is 4.84. The van der Waals surface area contributed by atoms with Crippen molar-refractivity contribution in [2.75, 3.05) is 6.54 Å². The minimum absolute atomic E-state index is 0.00609. The van der Waals surface area contributed by atoms with Crippen molar-refractivity contribution in [3.63, 3.8) is 0 Å². The number of fused-ring (bicyclic) bond motifs is 2. The van der Waals surface area contributed by atoms with Crippen LogP contribution in [0.3, 0.4) is 0 Å². The molecular formula is C23H24N6O. The maximum Gasteiger partial charge on any atom is 0.274 e. The summed E-state index contributed by atoms with van der Waals surface area (Å²) in [7, 11) is 0. The number of aryl methyl sites for hydroxylation is 2. The first kappa shape index (κ1) is 17.8. The van der Waals surface area contributed by atoms with E-state index in [9.17, 15) is 4.79 Å². The maximum absolute atomic E-state index is 13.2. The quantitative estimate of drug-likeness (QED) is 0.559. The number of nitrogens with one attached hydrogen (secondary N) is 1. The highest BCUT2D eigenvalue weighted by Gasteiger charge is 2.46. The molecule has 1 aliphatic carbocycles. The Morgan fingerprint density at radius 3 is 2.90 bits per heavy atom. The van der Waals surface area contributed by atoms with Crippen molar-refractivity contribution in [3.8, 4) is 11.3 Å². The molecule has 1 atom stereocenters. The molecule has 0 bridgehead atoms. The highest BCUT2D eigenvalue weighted by atomic mass is 16.1. The zero-order valence-corrected chi connectivity index (χ0v) is 17.2. The Morgan fingerprint density at radius 2 is 2.07 bits per heavy atom. The molecular weight excluding hydrogens is 376 g/mol. The van der Waals surface area contributed by atoms with Crippen LogP contribution in [0, 0.1) is 13.8 Å².